The summed E-state index contributed by atoms with van der Waals surface area (Å²) < 4.78 is 12.8. The lowest BCUT2D eigenvalue weighted by Crippen LogP contribution is -2.20. The van der Waals surface area contributed by atoms with E-state index in [1.165, 1.54) is 36.4 Å². The van der Waals surface area contributed by atoms with Crippen LogP contribution in [0.15, 0.2) is 42.5 Å². The first-order valence-corrected chi connectivity index (χ1v) is 6.05. The van der Waals surface area contributed by atoms with E-state index in [0.717, 1.165) is 0 Å². The van der Waals surface area contributed by atoms with E-state index < -0.39 is 16.8 Å². The van der Waals surface area contributed by atoms with E-state index in [1.807, 2.05) is 0 Å². The number of nitro benzene ring substituents is 1. The van der Waals surface area contributed by atoms with E-state index in [-0.39, 0.29) is 11.4 Å². The topological polar surface area (TPSA) is 84.3 Å². The summed E-state index contributed by atoms with van der Waals surface area (Å²) in [5, 5.41) is 15.9. The van der Waals surface area contributed by atoms with Crippen LogP contribution in [0.1, 0.15) is 5.56 Å². The third-order valence-electron chi connectivity index (χ3n) is 2.79. The minimum absolute atomic E-state index is 0.127. The Morgan fingerprint density at radius 2 is 1.81 bits per heavy atom. The summed E-state index contributed by atoms with van der Waals surface area (Å²) in [6, 6.07) is 9.04. The highest BCUT2D eigenvalue weighted by atomic mass is 19.1. The quantitative estimate of drug-likeness (QED) is 0.667. The van der Waals surface area contributed by atoms with Crippen molar-refractivity contribution in [2.24, 2.45) is 0 Å². The van der Waals surface area contributed by atoms with Gasteiger partial charge in [-0.3, -0.25) is 10.1 Å². The van der Waals surface area contributed by atoms with E-state index in [9.17, 15) is 19.3 Å². The minimum Gasteiger partial charge on any atom is -0.308 e. The van der Waals surface area contributed by atoms with Crippen molar-refractivity contribution in [2.45, 2.75) is 6.92 Å². The van der Waals surface area contributed by atoms with Crippen LogP contribution in [0.4, 0.5) is 26.2 Å². The number of carbonyl (C=O) groups is 1. The van der Waals surface area contributed by atoms with E-state index in [0.29, 0.717) is 11.3 Å². The SMILES string of the molecule is Cc1cccc([N+](=O)[O-])c1NC(=O)Nc1ccc(F)cc1. The Morgan fingerprint density at radius 1 is 1.14 bits per heavy atom. The van der Waals surface area contributed by atoms with E-state index in [4.69, 9.17) is 0 Å². The highest BCUT2D eigenvalue weighted by Crippen LogP contribution is 2.27. The molecule has 0 fully saturated rings. The average molecular weight is 289 g/mol. The molecule has 0 heterocycles. The van der Waals surface area contributed by atoms with Crippen molar-refractivity contribution in [3.63, 3.8) is 0 Å². The molecule has 0 radical (unpaired) electrons. The molecule has 0 aliphatic heterocycles. The summed E-state index contributed by atoms with van der Waals surface area (Å²) in [5.41, 5.74) is 0.884. The third-order valence-corrected chi connectivity index (χ3v) is 2.79. The minimum atomic E-state index is -0.640. The van der Waals surface area contributed by atoms with Gasteiger partial charge < -0.3 is 10.6 Å². The van der Waals surface area contributed by atoms with Gasteiger partial charge >= 0.3 is 6.03 Å². The van der Waals surface area contributed by atoms with Gasteiger partial charge in [-0.2, -0.15) is 0 Å². The van der Waals surface area contributed by atoms with Crippen LogP contribution < -0.4 is 10.6 Å². The zero-order chi connectivity index (χ0) is 15.4. The summed E-state index contributed by atoms with van der Waals surface area (Å²) >= 11 is 0. The molecular formula is C14H12FN3O3. The number of urea groups is 1. The lowest BCUT2D eigenvalue weighted by atomic mass is 10.1. The Kier molecular flexibility index (Phi) is 4.13. The smallest absolute Gasteiger partial charge is 0.308 e. The molecule has 0 aromatic heterocycles. The summed E-state index contributed by atoms with van der Waals surface area (Å²) in [4.78, 5) is 22.2. The third kappa shape index (κ3) is 3.53. The maximum Gasteiger partial charge on any atom is 0.323 e. The first kappa shape index (κ1) is 14.4. The number of para-hydroxylation sites is 1. The van der Waals surface area contributed by atoms with E-state index >= 15 is 0 Å². The molecule has 7 heteroatoms. The van der Waals surface area contributed by atoms with Gasteiger partial charge in [0.15, 0.2) is 0 Å². The van der Waals surface area contributed by atoms with Gasteiger partial charge in [0, 0.05) is 11.8 Å². The van der Waals surface area contributed by atoms with Gasteiger partial charge in [0.05, 0.1) is 4.92 Å². The molecule has 0 atom stereocenters. The van der Waals surface area contributed by atoms with E-state index in [1.54, 1.807) is 13.0 Å². The van der Waals surface area contributed by atoms with Crippen molar-refractivity contribution < 1.29 is 14.1 Å². The van der Waals surface area contributed by atoms with Crippen LogP contribution in [0.3, 0.4) is 0 Å². The molecule has 0 bridgehead atoms. The number of hydrogen-bond acceptors (Lipinski definition) is 3. The fraction of sp³-hybridized carbons (Fsp3) is 0.0714. The Hall–Kier alpha value is -2.96. The Labute approximate surface area is 119 Å². The zero-order valence-corrected chi connectivity index (χ0v) is 11.1. The van der Waals surface area contributed by atoms with Gasteiger partial charge in [0.25, 0.3) is 5.69 Å². The first-order valence-electron chi connectivity index (χ1n) is 6.05. The molecular weight excluding hydrogens is 277 g/mol. The van der Waals surface area contributed by atoms with Gasteiger partial charge in [0.2, 0.25) is 0 Å². The predicted octanol–water partition coefficient (Wildman–Crippen LogP) is 3.69. The number of halogens is 1. The molecule has 2 aromatic carbocycles. The average Bonchev–Trinajstić information content (AvgIpc) is 2.43. The van der Waals surface area contributed by atoms with Gasteiger partial charge in [0.1, 0.15) is 11.5 Å². The molecule has 0 saturated heterocycles. The van der Waals surface area contributed by atoms with Crippen molar-refractivity contribution in [3.05, 3.63) is 64.0 Å². The highest BCUT2D eigenvalue weighted by molar-refractivity contribution is 6.01. The molecule has 2 aromatic rings. The maximum atomic E-state index is 12.8. The number of rotatable bonds is 3. The zero-order valence-electron chi connectivity index (χ0n) is 11.1. The van der Waals surface area contributed by atoms with Crippen LogP contribution in [0.2, 0.25) is 0 Å². The van der Waals surface area contributed by atoms with Crippen LogP contribution in [0.25, 0.3) is 0 Å². The normalized spacial score (nSPS) is 10.0. The second-order valence-electron chi connectivity index (χ2n) is 4.31. The monoisotopic (exact) mass is 289 g/mol. The standard InChI is InChI=1S/C14H12FN3O3/c1-9-3-2-4-12(18(20)21)13(9)17-14(19)16-11-7-5-10(15)6-8-11/h2-8H,1H3,(H2,16,17,19). The second kappa shape index (κ2) is 6.00. The van der Waals surface area contributed by atoms with Crippen LogP contribution in [0, 0.1) is 22.9 Å². The summed E-state index contributed by atoms with van der Waals surface area (Å²) in [5.74, 6) is -0.421. The van der Waals surface area contributed by atoms with Crippen molar-refractivity contribution in [3.8, 4) is 0 Å². The molecule has 2 rings (SSSR count). The van der Waals surface area contributed by atoms with E-state index in [2.05, 4.69) is 10.6 Å². The van der Waals surface area contributed by atoms with Crippen molar-refractivity contribution in [1.82, 2.24) is 0 Å². The molecule has 2 amide bonds. The number of nitro groups is 1. The largest absolute Gasteiger partial charge is 0.323 e. The van der Waals surface area contributed by atoms with Crippen LogP contribution >= 0.6 is 0 Å². The van der Waals surface area contributed by atoms with Gasteiger partial charge in [-0.05, 0) is 36.8 Å². The van der Waals surface area contributed by atoms with Crippen molar-refractivity contribution in [1.29, 1.82) is 0 Å². The van der Waals surface area contributed by atoms with Crippen LogP contribution in [-0.4, -0.2) is 11.0 Å². The summed E-state index contributed by atoms with van der Waals surface area (Å²) in [6.07, 6.45) is 0. The number of amides is 2. The molecule has 6 nitrogen and oxygen atoms in total. The van der Waals surface area contributed by atoms with Crippen molar-refractivity contribution in [2.75, 3.05) is 10.6 Å². The van der Waals surface area contributed by atoms with Crippen LogP contribution in [-0.2, 0) is 0 Å². The Bertz CT molecular complexity index is 686. The second-order valence-corrected chi connectivity index (χ2v) is 4.31. The number of benzene rings is 2. The molecule has 0 saturated carbocycles. The summed E-state index contributed by atoms with van der Waals surface area (Å²) in [7, 11) is 0. The predicted molar refractivity (Wildman–Crippen MR) is 76.9 cm³/mol. The van der Waals surface area contributed by atoms with Gasteiger partial charge in [-0.15, -0.1) is 0 Å². The van der Waals surface area contributed by atoms with Gasteiger partial charge in [-0.25, -0.2) is 9.18 Å². The lowest BCUT2D eigenvalue weighted by Gasteiger charge is -2.10. The maximum absolute atomic E-state index is 12.8. The Balaban J connectivity index is 2.16. The van der Waals surface area contributed by atoms with Crippen LogP contribution in [0.5, 0.6) is 0 Å². The highest BCUT2D eigenvalue weighted by Gasteiger charge is 2.17. The molecule has 2 N–H and O–H groups in total. The van der Waals surface area contributed by atoms with Gasteiger partial charge in [-0.1, -0.05) is 12.1 Å². The van der Waals surface area contributed by atoms with Crippen molar-refractivity contribution >= 4 is 23.1 Å². The lowest BCUT2D eigenvalue weighted by molar-refractivity contribution is -0.383. The molecule has 0 aliphatic rings. The molecule has 0 unspecified atom stereocenters. The molecule has 21 heavy (non-hydrogen) atoms. The number of hydrogen-bond donors (Lipinski definition) is 2. The fourth-order valence-corrected chi connectivity index (χ4v) is 1.78. The number of aryl methyl sites for hydroxylation is 1. The number of anilines is 2. The molecule has 0 aliphatic carbocycles. The molecule has 0 spiro atoms. The summed E-state index contributed by atoms with van der Waals surface area (Å²) in [6.45, 7) is 1.65. The fourth-order valence-electron chi connectivity index (χ4n) is 1.78. The first-order chi connectivity index (χ1) is 9.97. The number of nitrogens with zero attached hydrogens (tertiary/aromatic N) is 1. The number of carbonyl (C=O) groups excluding carboxylic acids is 1. The molecule has 108 valence electrons. The Morgan fingerprint density at radius 3 is 2.43 bits per heavy atom. The number of nitrogens with one attached hydrogen (secondary N) is 2.